The minimum Gasteiger partial charge on any atom is -0.345 e. The molecule has 0 aromatic carbocycles. The smallest absolute Gasteiger partial charge is 0.237 e. The molecule has 18 heavy (non-hydrogen) atoms. The van der Waals surface area contributed by atoms with Gasteiger partial charge in [-0.3, -0.25) is 4.79 Å². The lowest BCUT2D eigenvalue weighted by molar-refractivity contribution is -0.126. The van der Waals surface area contributed by atoms with Crippen molar-refractivity contribution in [2.45, 2.75) is 51.6 Å². The third-order valence-corrected chi connectivity index (χ3v) is 3.32. The van der Waals surface area contributed by atoms with Crippen molar-refractivity contribution in [3.05, 3.63) is 0 Å². The van der Waals surface area contributed by atoms with Gasteiger partial charge < -0.3 is 21.2 Å². The van der Waals surface area contributed by atoms with Crippen molar-refractivity contribution in [1.29, 1.82) is 0 Å². The van der Waals surface area contributed by atoms with Gasteiger partial charge in [-0.1, -0.05) is 26.7 Å². The van der Waals surface area contributed by atoms with Gasteiger partial charge in [0.2, 0.25) is 5.91 Å². The third kappa shape index (κ3) is 6.12. The molecule has 0 aromatic rings. The molecule has 3 atom stereocenters. The summed E-state index contributed by atoms with van der Waals surface area (Å²) in [6, 6.07) is -0.643. The van der Waals surface area contributed by atoms with Gasteiger partial charge in [0.25, 0.3) is 0 Å². The van der Waals surface area contributed by atoms with Gasteiger partial charge in [-0.2, -0.15) is 0 Å². The average Bonchev–Trinajstić information content (AvgIpc) is 2.39. The first-order valence-electron chi connectivity index (χ1n) is 6.73. The summed E-state index contributed by atoms with van der Waals surface area (Å²) < 4.78 is 0. The molecule has 5 heteroatoms. The van der Waals surface area contributed by atoms with Crippen molar-refractivity contribution in [3.8, 4) is 0 Å². The Balaban J connectivity index is 4.27. The zero-order valence-corrected chi connectivity index (χ0v) is 11.7. The fraction of sp³-hybridized carbons (Fsp3) is 0.846. The number of aldehydes is 1. The summed E-state index contributed by atoms with van der Waals surface area (Å²) in [5.74, 6) is 0.0555. The molecule has 0 rings (SSSR count). The number of carbonyl (C=O) groups is 2. The van der Waals surface area contributed by atoms with Crippen molar-refractivity contribution in [2.75, 3.05) is 13.6 Å². The number of hydrogen-bond acceptors (Lipinski definition) is 4. The molecule has 0 saturated heterocycles. The van der Waals surface area contributed by atoms with E-state index in [-0.39, 0.29) is 17.9 Å². The Morgan fingerprint density at radius 1 is 1.39 bits per heavy atom. The number of likely N-dealkylation sites (N-methyl/N-ethyl adjacent to an activating group) is 1. The molecule has 4 N–H and O–H groups in total. The van der Waals surface area contributed by atoms with E-state index in [9.17, 15) is 9.59 Å². The van der Waals surface area contributed by atoms with Crippen LogP contribution in [-0.4, -0.2) is 37.9 Å². The molecule has 0 bridgehead atoms. The summed E-state index contributed by atoms with van der Waals surface area (Å²) >= 11 is 0. The topological polar surface area (TPSA) is 84.2 Å². The number of nitrogens with two attached hydrogens (primary N) is 1. The SMILES string of the molecule is CCC(C)C(C=O)NC(=O)C(CCCCN)NC. The molecule has 0 saturated carbocycles. The van der Waals surface area contributed by atoms with E-state index in [0.29, 0.717) is 6.54 Å². The van der Waals surface area contributed by atoms with Crippen molar-refractivity contribution in [1.82, 2.24) is 10.6 Å². The van der Waals surface area contributed by atoms with Gasteiger partial charge in [-0.25, -0.2) is 0 Å². The largest absolute Gasteiger partial charge is 0.345 e. The zero-order valence-electron chi connectivity index (χ0n) is 11.7. The predicted octanol–water partition coefficient (Wildman–Crippen LogP) is 0.433. The Bertz CT molecular complexity index is 246. The molecule has 0 radical (unpaired) electrons. The molecular formula is C13H27N3O2. The standard InChI is InChI=1S/C13H27N3O2/c1-4-10(2)12(9-17)16-13(18)11(15-3)7-5-6-8-14/h9-12,15H,4-8,14H2,1-3H3,(H,16,18). The highest BCUT2D eigenvalue weighted by atomic mass is 16.2. The number of nitrogens with one attached hydrogen (secondary N) is 2. The van der Waals surface area contributed by atoms with Crippen LogP contribution in [-0.2, 0) is 9.59 Å². The van der Waals surface area contributed by atoms with E-state index in [1.54, 1.807) is 7.05 Å². The van der Waals surface area contributed by atoms with Crippen LogP contribution in [0.15, 0.2) is 0 Å². The number of hydrogen-bond donors (Lipinski definition) is 3. The summed E-state index contributed by atoms with van der Waals surface area (Å²) in [6.45, 7) is 4.61. The first-order chi connectivity index (χ1) is 8.60. The monoisotopic (exact) mass is 257 g/mol. The molecule has 3 unspecified atom stereocenters. The summed E-state index contributed by atoms with van der Waals surface area (Å²) in [4.78, 5) is 23.0. The van der Waals surface area contributed by atoms with Crippen LogP contribution in [0.1, 0.15) is 39.5 Å². The molecule has 5 nitrogen and oxygen atoms in total. The minimum absolute atomic E-state index is 0.105. The Kier molecular flexibility index (Phi) is 9.50. The van der Waals surface area contributed by atoms with E-state index in [4.69, 9.17) is 5.73 Å². The van der Waals surface area contributed by atoms with Gasteiger partial charge in [-0.05, 0) is 32.4 Å². The molecule has 106 valence electrons. The van der Waals surface area contributed by atoms with Crippen molar-refractivity contribution in [3.63, 3.8) is 0 Å². The van der Waals surface area contributed by atoms with Crippen LogP contribution in [0.5, 0.6) is 0 Å². The van der Waals surface area contributed by atoms with E-state index < -0.39 is 6.04 Å². The van der Waals surface area contributed by atoms with Crippen LogP contribution in [0, 0.1) is 5.92 Å². The normalized spacial score (nSPS) is 15.8. The van der Waals surface area contributed by atoms with Gasteiger partial charge >= 0.3 is 0 Å². The Morgan fingerprint density at radius 3 is 2.50 bits per heavy atom. The number of carbonyl (C=O) groups excluding carboxylic acids is 2. The Morgan fingerprint density at radius 2 is 2.06 bits per heavy atom. The lowest BCUT2D eigenvalue weighted by atomic mass is 9.99. The summed E-state index contributed by atoms with van der Waals surface area (Å²) in [5.41, 5.74) is 5.43. The van der Waals surface area contributed by atoms with Gasteiger partial charge in [-0.15, -0.1) is 0 Å². The highest BCUT2D eigenvalue weighted by Gasteiger charge is 2.22. The number of amides is 1. The fourth-order valence-corrected chi connectivity index (χ4v) is 1.73. The molecule has 0 spiro atoms. The van der Waals surface area contributed by atoms with Crippen LogP contribution in [0.25, 0.3) is 0 Å². The van der Waals surface area contributed by atoms with E-state index >= 15 is 0 Å². The molecule has 0 aliphatic carbocycles. The van der Waals surface area contributed by atoms with E-state index in [0.717, 1.165) is 32.0 Å². The maximum absolute atomic E-state index is 12.0. The maximum Gasteiger partial charge on any atom is 0.237 e. The van der Waals surface area contributed by atoms with Crippen LogP contribution in [0.2, 0.25) is 0 Å². The first kappa shape index (κ1) is 17.1. The molecule has 0 aliphatic heterocycles. The summed E-state index contributed by atoms with van der Waals surface area (Å²) in [6.07, 6.45) is 4.24. The minimum atomic E-state index is -0.396. The van der Waals surface area contributed by atoms with Crippen LogP contribution >= 0.6 is 0 Å². The predicted molar refractivity (Wildman–Crippen MR) is 73.2 cm³/mol. The maximum atomic E-state index is 12.0. The first-order valence-corrected chi connectivity index (χ1v) is 6.73. The Labute approximate surface area is 110 Å². The zero-order chi connectivity index (χ0) is 14.0. The molecule has 0 fully saturated rings. The van der Waals surface area contributed by atoms with Crippen LogP contribution in [0.4, 0.5) is 0 Å². The van der Waals surface area contributed by atoms with E-state index in [1.807, 2.05) is 13.8 Å². The van der Waals surface area contributed by atoms with E-state index in [2.05, 4.69) is 10.6 Å². The van der Waals surface area contributed by atoms with E-state index in [1.165, 1.54) is 0 Å². The highest BCUT2D eigenvalue weighted by Crippen LogP contribution is 2.07. The number of unbranched alkanes of at least 4 members (excludes halogenated alkanes) is 1. The van der Waals surface area contributed by atoms with Gasteiger partial charge in [0.05, 0.1) is 12.1 Å². The lowest BCUT2D eigenvalue weighted by Gasteiger charge is -2.22. The van der Waals surface area contributed by atoms with Crippen LogP contribution < -0.4 is 16.4 Å². The van der Waals surface area contributed by atoms with Crippen molar-refractivity contribution in [2.24, 2.45) is 11.7 Å². The second kappa shape index (κ2) is 10.0. The molecule has 0 aliphatic rings. The fourth-order valence-electron chi connectivity index (χ4n) is 1.73. The molecule has 0 aromatic heterocycles. The lowest BCUT2D eigenvalue weighted by Crippen LogP contribution is -2.49. The molecule has 1 amide bonds. The van der Waals surface area contributed by atoms with Gasteiger partial charge in [0, 0.05) is 0 Å². The quantitative estimate of drug-likeness (QED) is 0.391. The van der Waals surface area contributed by atoms with Crippen molar-refractivity contribution < 1.29 is 9.59 Å². The Hall–Kier alpha value is -0.940. The van der Waals surface area contributed by atoms with Crippen LogP contribution in [0.3, 0.4) is 0 Å². The highest BCUT2D eigenvalue weighted by molar-refractivity contribution is 5.84. The average molecular weight is 257 g/mol. The van der Waals surface area contributed by atoms with Crippen molar-refractivity contribution >= 4 is 12.2 Å². The molecular weight excluding hydrogens is 230 g/mol. The second-order valence-electron chi connectivity index (χ2n) is 4.68. The van der Waals surface area contributed by atoms with Gasteiger partial charge in [0.1, 0.15) is 6.29 Å². The molecule has 0 heterocycles. The summed E-state index contributed by atoms with van der Waals surface area (Å²) in [5, 5.41) is 5.77. The summed E-state index contributed by atoms with van der Waals surface area (Å²) in [7, 11) is 1.76. The second-order valence-corrected chi connectivity index (χ2v) is 4.68. The third-order valence-electron chi connectivity index (χ3n) is 3.32. The van der Waals surface area contributed by atoms with Gasteiger partial charge in [0.15, 0.2) is 0 Å². The number of rotatable bonds is 10.